The molecule has 0 aliphatic rings. The van der Waals surface area contributed by atoms with Crippen LogP contribution in [0.4, 0.5) is 0 Å². The number of rotatable bonds is 0. The van der Waals surface area contributed by atoms with Crippen LogP contribution in [0.25, 0.3) is 0 Å². The molecule has 1 aromatic rings. The summed E-state index contributed by atoms with van der Waals surface area (Å²) >= 11 is 0.904. The number of nitrogens with one attached hydrogen (secondary N) is 1. The molecule has 1 rings (SSSR count). The Hall–Kier alpha value is 0.0700. The molecule has 0 aromatic carbocycles. The third-order valence-electron chi connectivity index (χ3n) is 0.451. The number of tetrazole rings is 1. The van der Waals surface area contributed by atoms with Crippen molar-refractivity contribution in [3.8, 4) is 0 Å². The van der Waals surface area contributed by atoms with Crippen LogP contribution in [-0.2, 0) is 0 Å². The quantitative estimate of drug-likeness (QED) is 0.376. The standard InChI is InChI=1S/CHN4.Na/c1-2-4-5-3-1;/h(H,2,3,4,5);. The molecular weight excluding hydrogens is 91.0 g/mol. The molecule has 0 amide bonds. The van der Waals surface area contributed by atoms with Crippen LogP contribution in [0.1, 0.15) is 0 Å². The van der Waals surface area contributed by atoms with Crippen molar-refractivity contribution in [2.45, 2.75) is 0 Å². The summed E-state index contributed by atoms with van der Waals surface area (Å²) in [6.45, 7) is 0. The summed E-state index contributed by atoms with van der Waals surface area (Å²) in [5.74, 6) is 0. The van der Waals surface area contributed by atoms with Crippen molar-refractivity contribution in [2.24, 2.45) is 0 Å². The number of H-pyrrole nitrogens is 1. The Bertz CT molecular complexity index is 111. The van der Waals surface area contributed by atoms with Gasteiger partial charge in [-0.05, 0) is 0 Å². The van der Waals surface area contributed by atoms with Gasteiger partial charge in [0.2, 0.25) is 0 Å². The average Bonchev–Trinajstić information content (AvgIpc) is 1.86. The van der Waals surface area contributed by atoms with Crippen molar-refractivity contribution in [3.63, 3.8) is 0 Å². The van der Waals surface area contributed by atoms with E-state index in [2.05, 4.69) is 20.6 Å². The summed E-state index contributed by atoms with van der Waals surface area (Å²) < 4.78 is 0.884. The molecule has 4 nitrogen and oxygen atoms in total. The number of aromatic nitrogens is 4. The van der Waals surface area contributed by atoms with Crippen molar-refractivity contribution in [3.05, 3.63) is 0 Å². The summed E-state index contributed by atoms with van der Waals surface area (Å²) in [4.78, 5) is 0. The fourth-order valence-corrected chi connectivity index (χ4v) is 0.396. The molecule has 0 unspecified atom stereocenters. The van der Waals surface area contributed by atoms with Gasteiger partial charge in [-0.2, -0.15) is 0 Å². The van der Waals surface area contributed by atoms with Crippen LogP contribution in [0, 0.1) is 0 Å². The SMILES string of the molecule is [Na][c]1nnn[nH]1. The summed E-state index contributed by atoms with van der Waals surface area (Å²) in [6, 6.07) is 0. The van der Waals surface area contributed by atoms with Crippen LogP contribution in [0.15, 0.2) is 0 Å². The van der Waals surface area contributed by atoms with E-state index in [4.69, 9.17) is 0 Å². The van der Waals surface area contributed by atoms with Gasteiger partial charge in [-0.15, -0.1) is 0 Å². The number of nitrogens with zero attached hydrogens (tertiary/aromatic N) is 3. The molecular formula is CHN4Na. The monoisotopic (exact) mass is 92.0 g/mol. The fraction of sp³-hybridized carbons (Fsp3) is 0. The van der Waals surface area contributed by atoms with Gasteiger partial charge in [0.05, 0.1) is 0 Å². The molecule has 5 heteroatoms. The predicted octanol–water partition coefficient (Wildman–Crippen LogP) is -2.01. The van der Waals surface area contributed by atoms with Crippen molar-refractivity contribution in [1.82, 2.24) is 20.6 Å². The summed E-state index contributed by atoms with van der Waals surface area (Å²) in [7, 11) is 0. The second-order valence-electron chi connectivity index (χ2n) is 0.987. The van der Waals surface area contributed by atoms with E-state index in [0.717, 1.165) is 31.0 Å². The van der Waals surface area contributed by atoms with Gasteiger partial charge in [0, 0.05) is 0 Å². The van der Waals surface area contributed by atoms with E-state index in [-0.39, 0.29) is 0 Å². The third kappa shape index (κ3) is 0.767. The van der Waals surface area contributed by atoms with Crippen molar-refractivity contribution in [1.29, 1.82) is 0 Å². The van der Waals surface area contributed by atoms with E-state index < -0.39 is 0 Å². The molecule has 0 aliphatic carbocycles. The van der Waals surface area contributed by atoms with Gasteiger partial charge >= 0.3 is 51.6 Å². The minimum absolute atomic E-state index is 0.884. The van der Waals surface area contributed by atoms with Crippen molar-refractivity contribution >= 4 is 31.0 Å². The Morgan fingerprint density at radius 1 is 1.67 bits per heavy atom. The molecule has 6 heavy (non-hydrogen) atoms. The maximum atomic E-state index is 3.56. The predicted molar refractivity (Wildman–Crippen MR) is 19.6 cm³/mol. The second-order valence-corrected chi connectivity index (χ2v) is 1.93. The zero-order chi connectivity index (χ0) is 4.41. The number of hydrogen-bond acceptors (Lipinski definition) is 3. The van der Waals surface area contributed by atoms with E-state index in [1.807, 2.05) is 0 Å². The van der Waals surface area contributed by atoms with Crippen LogP contribution in [0.5, 0.6) is 0 Å². The summed E-state index contributed by atoms with van der Waals surface area (Å²) in [5, 5.41) is 12.8. The first kappa shape index (κ1) is 4.23. The number of aromatic amines is 1. The zero-order valence-corrected chi connectivity index (χ0v) is 5.34. The Morgan fingerprint density at radius 3 is 2.67 bits per heavy atom. The first-order valence-electron chi connectivity index (χ1n) is 1.60. The summed E-state index contributed by atoms with van der Waals surface area (Å²) in [6.07, 6.45) is 0. The first-order chi connectivity index (χ1) is 2.89. The molecule has 1 N–H and O–H groups in total. The van der Waals surface area contributed by atoms with Gasteiger partial charge < -0.3 is 0 Å². The minimum atomic E-state index is 0.884. The van der Waals surface area contributed by atoms with Crippen LogP contribution < -0.4 is 3.07 Å². The second kappa shape index (κ2) is 1.68. The molecule has 0 atom stereocenters. The van der Waals surface area contributed by atoms with Crippen LogP contribution >= 0.6 is 0 Å². The third-order valence-corrected chi connectivity index (χ3v) is 0.875. The Morgan fingerprint density at radius 2 is 2.50 bits per heavy atom. The summed E-state index contributed by atoms with van der Waals surface area (Å²) in [5.41, 5.74) is 0. The molecule has 0 aliphatic heterocycles. The fourth-order valence-electron chi connectivity index (χ4n) is 0.207. The van der Waals surface area contributed by atoms with Gasteiger partial charge in [-0.3, -0.25) is 0 Å². The van der Waals surface area contributed by atoms with E-state index in [1.165, 1.54) is 0 Å². The molecule has 0 radical (unpaired) electrons. The molecule has 0 bridgehead atoms. The Balaban J connectivity index is 3.05. The van der Waals surface area contributed by atoms with Gasteiger partial charge in [0.25, 0.3) is 0 Å². The normalized spacial score (nSPS) is 9.00. The zero-order valence-electron chi connectivity index (χ0n) is 3.34. The van der Waals surface area contributed by atoms with Gasteiger partial charge in [0.1, 0.15) is 0 Å². The first-order valence-corrected chi connectivity index (χ1v) is 2.60. The van der Waals surface area contributed by atoms with Crippen molar-refractivity contribution < 1.29 is 0 Å². The van der Waals surface area contributed by atoms with E-state index in [0.29, 0.717) is 0 Å². The van der Waals surface area contributed by atoms with Gasteiger partial charge in [-0.1, -0.05) is 0 Å². The average molecular weight is 92.0 g/mol. The Labute approximate surface area is 51.7 Å². The molecule has 0 saturated heterocycles. The van der Waals surface area contributed by atoms with E-state index >= 15 is 0 Å². The molecule has 0 saturated carbocycles. The van der Waals surface area contributed by atoms with Crippen LogP contribution in [-0.4, -0.2) is 48.6 Å². The molecule has 0 fully saturated rings. The molecule has 1 aromatic heterocycles. The van der Waals surface area contributed by atoms with Gasteiger partial charge in [0.15, 0.2) is 0 Å². The molecule has 1 heterocycles. The maximum absolute atomic E-state index is 3.56. The topological polar surface area (TPSA) is 54.5 Å². The molecule has 26 valence electrons. The molecule has 0 spiro atoms. The number of hydrogen-bond donors (Lipinski definition) is 1. The van der Waals surface area contributed by atoms with Gasteiger partial charge in [-0.25, -0.2) is 0 Å². The van der Waals surface area contributed by atoms with E-state index in [9.17, 15) is 0 Å². The van der Waals surface area contributed by atoms with Crippen LogP contribution in [0.2, 0.25) is 0 Å². The Kier molecular flexibility index (Phi) is 1.19. The van der Waals surface area contributed by atoms with Crippen LogP contribution in [0.3, 0.4) is 0 Å². The van der Waals surface area contributed by atoms with Crippen molar-refractivity contribution in [2.75, 3.05) is 0 Å². The van der Waals surface area contributed by atoms with E-state index in [1.54, 1.807) is 0 Å².